The SMILES string of the molecule is COc1cc(N2CCC(C(=O)N3CCc4ccccc4C3)CC2)ncn1. The molecule has 0 saturated carbocycles. The molecule has 26 heavy (non-hydrogen) atoms. The van der Waals surface area contributed by atoms with Crippen LogP contribution in [0.4, 0.5) is 5.82 Å². The summed E-state index contributed by atoms with van der Waals surface area (Å²) in [7, 11) is 1.60. The summed E-state index contributed by atoms with van der Waals surface area (Å²) in [5.74, 6) is 1.86. The highest BCUT2D eigenvalue weighted by Crippen LogP contribution is 2.27. The molecule has 1 saturated heterocycles. The molecule has 4 rings (SSSR count). The Morgan fingerprint density at radius 2 is 1.88 bits per heavy atom. The van der Waals surface area contributed by atoms with Gasteiger partial charge in [0.25, 0.3) is 0 Å². The summed E-state index contributed by atoms with van der Waals surface area (Å²) in [6, 6.07) is 10.3. The number of nitrogens with zero attached hydrogens (tertiary/aromatic N) is 4. The van der Waals surface area contributed by atoms with Gasteiger partial charge in [0.1, 0.15) is 12.1 Å². The maximum absolute atomic E-state index is 13.0. The summed E-state index contributed by atoms with van der Waals surface area (Å²) in [6.45, 7) is 3.25. The Labute approximate surface area is 153 Å². The molecule has 0 bridgehead atoms. The van der Waals surface area contributed by atoms with E-state index in [0.717, 1.165) is 51.3 Å². The number of amides is 1. The summed E-state index contributed by atoms with van der Waals surface area (Å²) < 4.78 is 5.17. The average molecular weight is 352 g/mol. The highest BCUT2D eigenvalue weighted by atomic mass is 16.5. The van der Waals surface area contributed by atoms with E-state index in [1.54, 1.807) is 7.11 Å². The van der Waals surface area contributed by atoms with Gasteiger partial charge in [0.05, 0.1) is 7.11 Å². The zero-order valence-corrected chi connectivity index (χ0v) is 15.1. The maximum Gasteiger partial charge on any atom is 0.226 e. The predicted molar refractivity (Wildman–Crippen MR) is 99.1 cm³/mol. The van der Waals surface area contributed by atoms with E-state index in [4.69, 9.17) is 4.74 Å². The van der Waals surface area contributed by atoms with Crippen LogP contribution in [-0.4, -0.2) is 47.5 Å². The molecule has 2 aromatic rings. The first-order chi connectivity index (χ1) is 12.7. The molecule has 1 amide bonds. The molecule has 0 N–H and O–H groups in total. The van der Waals surface area contributed by atoms with Crippen molar-refractivity contribution in [2.45, 2.75) is 25.8 Å². The van der Waals surface area contributed by atoms with Crippen LogP contribution in [0.15, 0.2) is 36.7 Å². The van der Waals surface area contributed by atoms with Crippen molar-refractivity contribution >= 4 is 11.7 Å². The number of ether oxygens (including phenoxy) is 1. The van der Waals surface area contributed by atoms with E-state index in [9.17, 15) is 4.79 Å². The number of hydrogen-bond donors (Lipinski definition) is 0. The molecule has 3 heterocycles. The lowest BCUT2D eigenvalue weighted by atomic mass is 9.93. The Bertz CT molecular complexity index is 787. The number of hydrogen-bond acceptors (Lipinski definition) is 5. The van der Waals surface area contributed by atoms with Gasteiger partial charge in [-0.1, -0.05) is 24.3 Å². The molecule has 2 aliphatic rings. The molecule has 1 aromatic carbocycles. The zero-order chi connectivity index (χ0) is 17.9. The molecular formula is C20H24N4O2. The van der Waals surface area contributed by atoms with Gasteiger partial charge in [-0.3, -0.25) is 4.79 Å². The van der Waals surface area contributed by atoms with Crippen LogP contribution in [0.2, 0.25) is 0 Å². The third-order valence-corrected chi connectivity index (χ3v) is 5.45. The second kappa shape index (κ2) is 7.32. The molecule has 0 aliphatic carbocycles. The highest BCUT2D eigenvalue weighted by molar-refractivity contribution is 5.79. The number of aromatic nitrogens is 2. The lowest BCUT2D eigenvalue weighted by Crippen LogP contribution is -2.44. The van der Waals surface area contributed by atoms with E-state index in [0.29, 0.717) is 11.8 Å². The van der Waals surface area contributed by atoms with E-state index in [-0.39, 0.29) is 5.92 Å². The first kappa shape index (κ1) is 16.8. The summed E-state index contributed by atoms with van der Waals surface area (Å²) in [5.41, 5.74) is 2.67. The second-order valence-corrected chi connectivity index (χ2v) is 6.96. The van der Waals surface area contributed by atoms with Gasteiger partial charge in [0.2, 0.25) is 11.8 Å². The Morgan fingerprint density at radius 3 is 2.65 bits per heavy atom. The zero-order valence-electron chi connectivity index (χ0n) is 15.1. The van der Waals surface area contributed by atoms with Crippen LogP contribution < -0.4 is 9.64 Å². The number of rotatable bonds is 3. The van der Waals surface area contributed by atoms with Crippen molar-refractivity contribution in [1.29, 1.82) is 0 Å². The largest absolute Gasteiger partial charge is 0.481 e. The predicted octanol–water partition coefficient (Wildman–Crippen LogP) is 2.29. The lowest BCUT2D eigenvalue weighted by Gasteiger charge is -2.36. The number of benzene rings is 1. The molecular weight excluding hydrogens is 328 g/mol. The molecule has 0 spiro atoms. The number of anilines is 1. The van der Waals surface area contributed by atoms with E-state index < -0.39 is 0 Å². The number of methoxy groups -OCH3 is 1. The molecule has 1 fully saturated rings. The molecule has 0 unspecified atom stereocenters. The Balaban J connectivity index is 1.37. The van der Waals surface area contributed by atoms with Crippen molar-refractivity contribution in [3.8, 4) is 5.88 Å². The molecule has 2 aliphatic heterocycles. The number of carbonyl (C=O) groups is 1. The lowest BCUT2D eigenvalue weighted by molar-refractivity contribution is -0.137. The van der Waals surface area contributed by atoms with Crippen LogP contribution >= 0.6 is 0 Å². The molecule has 1 aromatic heterocycles. The fraction of sp³-hybridized carbons (Fsp3) is 0.450. The van der Waals surface area contributed by atoms with E-state index >= 15 is 0 Å². The van der Waals surface area contributed by atoms with Crippen LogP contribution in [0.25, 0.3) is 0 Å². The summed E-state index contributed by atoms with van der Waals surface area (Å²) in [4.78, 5) is 25.6. The van der Waals surface area contributed by atoms with Crippen LogP contribution in [0.5, 0.6) is 5.88 Å². The van der Waals surface area contributed by atoms with Crippen LogP contribution in [0, 0.1) is 5.92 Å². The van der Waals surface area contributed by atoms with Gasteiger partial charge in [-0.2, -0.15) is 0 Å². The van der Waals surface area contributed by atoms with E-state index in [1.165, 1.54) is 17.5 Å². The quantitative estimate of drug-likeness (QED) is 0.848. The van der Waals surface area contributed by atoms with Gasteiger partial charge in [0.15, 0.2) is 0 Å². The first-order valence-corrected chi connectivity index (χ1v) is 9.21. The van der Waals surface area contributed by atoms with Gasteiger partial charge in [-0.25, -0.2) is 9.97 Å². The monoisotopic (exact) mass is 352 g/mol. The second-order valence-electron chi connectivity index (χ2n) is 6.96. The van der Waals surface area contributed by atoms with E-state index in [2.05, 4.69) is 39.1 Å². The van der Waals surface area contributed by atoms with Crippen molar-refractivity contribution < 1.29 is 9.53 Å². The Hall–Kier alpha value is -2.63. The molecule has 136 valence electrons. The van der Waals surface area contributed by atoms with Crippen molar-refractivity contribution in [2.75, 3.05) is 31.6 Å². The van der Waals surface area contributed by atoms with Crippen LogP contribution in [-0.2, 0) is 17.8 Å². The van der Waals surface area contributed by atoms with Gasteiger partial charge < -0.3 is 14.5 Å². The maximum atomic E-state index is 13.0. The number of fused-ring (bicyclic) bond motifs is 1. The van der Waals surface area contributed by atoms with E-state index in [1.807, 2.05) is 11.0 Å². The minimum absolute atomic E-state index is 0.111. The minimum Gasteiger partial charge on any atom is -0.481 e. The topological polar surface area (TPSA) is 58.6 Å². The smallest absolute Gasteiger partial charge is 0.226 e. The Morgan fingerprint density at radius 1 is 1.12 bits per heavy atom. The van der Waals surface area contributed by atoms with Crippen molar-refractivity contribution in [3.63, 3.8) is 0 Å². The highest BCUT2D eigenvalue weighted by Gasteiger charge is 2.30. The van der Waals surface area contributed by atoms with Crippen molar-refractivity contribution in [2.24, 2.45) is 5.92 Å². The molecule has 0 atom stereocenters. The van der Waals surface area contributed by atoms with Crippen molar-refractivity contribution in [3.05, 3.63) is 47.8 Å². The molecule has 6 heteroatoms. The third kappa shape index (κ3) is 3.36. The van der Waals surface area contributed by atoms with Crippen molar-refractivity contribution in [1.82, 2.24) is 14.9 Å². The summed E-state index contributed by atoms with van der Waals surface area (Å²) in [6.07, 6.45) is 4.21. The summed E-state index contributed by atoms with van der Waals surface area (Å²) >= 11 is 0. The molecule has 6 nitrogen and oxygen atoms in total. The van der Waals surface area contributed by atoms with Crippen LogP contribution in [0.1, 0.15) is 24.0 Å². The van der Waals surface area contributed by atoms with Gasteiger partial charge in [-0.15, -0.1) is 0 Å². The minimum atomic E-state index is 0.111. The Kier molecular flexibility index (Phi) is 4.73. The number of carbonyl (C=O) groups excluding carboxylic acids is 1. The molecule has 0 radical (unpaired) electrons. The standard InChI is InChI=1S/C20H24N4O2/c1-26-19-12-18(21-14-22-19)23-9-7-16(8-10-23)20(25)24-11-6-15-4-2-3-5-17(15)13-24/h2-5,12,14,16H,6-11,13H2,1H3. The number of piperidine rings is 1. The van der Waals surface area contributed by atoms with Gasteiger partial charge >= 0.3 is 0 Å². The normalized spacial score (nSPS) is 17.7. The van der Waals surface area contributed by atoms with Crippen LogP contribution in [0.3, 0.4) is 0 Å². The average Bonchev–Trinajstić information content (AvgIpc) is 2.73. The fourth-order valence-corrected chi connectivity index (χ4v) is 3.91. The first-order valence-electron chi connectivity index (χ1n) is 9.21. The third-order valence-electron chi connectivity index (χ3n) is 5.45. The fourth-order valence-electron chi connectivity index (χ4n) is 3.91. The van der Waals surface area contributed by atoms with Gasteiger partial charge in [0, 0.05) is 38.2 Å². The summed E-state index contributed by atoms with van der Waals surface area (Å²) in [5, 5.41) is 0. The van der Waals surface area contributed by atoms with Gasteiger partial charge in [-0.05, 0) is 30.4 Å².